The van der Waals surface area contributed by atoms with Gasteiger partial charge >= 0.3 is 0 Å². The van der Waals surface area contributed by atoms with Crippen LogP contribution >= 0.6 is 0 Å². The van der Waals surface area contributed by atoms with E-state index in [4.69, 9.17) is 4.52 Å². The number of sulfone groups is 1. The summed E-state index contributed by atoms with van der Waals surface area (Å²) in [5, 5.41) is 7.13. The number of hydrogen-bond donors (Lipinski definition) is 1. The van der Waals surface area contributed by atoms with Crippen LogP contribution in [0.2, 0.25) is 0 Å². The fourth-order valence-corrected chi connectivity index (χ4v) is 2.76. The van der Waals surface area contributed by atoms with Crippen molar-refractivity contribution in [2.24, 2.45) is 4.99 Å². The highest BCUT2D eigenvalue weighted by Gasteiger charge is 2.31. The monoisotopic (exact) mass is 357 g/mol. The Morgan fingerprint density at radius 3 is 2.54 bits per heavy atom. The third kappa shape index (κ3) is 4.70. The minimum atomic E-state index is -3.13. The van der Waals surface area contributed by atoms with Crippen molar-refractivity contribution in [3.05, 3.63) is 18.0 Å². The molecule has 136 valence electrons. The number of aromatic nitrogens is 1. The van der Waals surface area contributed by atoms with Crippen molar-refractivity contribution in [3.8, 4) is 0 Å². The topological polar surface area (TPSA) is 91.0 Å². The fraction of sp³-hybridized carbons (Fsp3) is 0.733. The van der Waals surface area contributed by atoms with Crippen LogP contribution in [0.1, 0.15) is 19.5 Å². The highest BCUT2D eigenvalue weighted by atomic mass is 32.2. The molecule has 0 spiro atoms. The van der Waals surface area contributed by atoms with E-state index in [2.05, 4.69) is 25.3 Å². The summed E-state index contributed by atoms with van der Waals surface area (Å²) < 4.78 is 27.6. The molecule has 9 heteroatoms. The number of aliphatic imine (C=N–C) groups is 1. The van der Waals surface area contributed by atoms with Crippen molar-refractivity contribution in [2.45, 2.75) is 25.1 Å². The molecule has 0 atom stereocenters. The number of hydrogen-bond acceptors (Lipinski definition) is 6. The minimum Gasteiger partial charge on any atom is -0.364 e. The Kier molecular flexibility index (Phi) is 5.87. The SMILES string of the molecule is CN=C(NCC(C)(C)S(C)(=O)=O)N1CCN(Cc2ccon2)CC1. The van der Waals surface area contributed by atoms with Gasteiger partial charge in [-0.1, -0.05) is 5.16 Å². The van der Waals surface area contributed by atoms with Crippen LogP contribution in [-0.2, 0) is 16.4 Å². The molecule has 0 amide bonds. The lowest BCUT2D eigenvalue weighted by Gasteiger charge is -2.37. The molecule has 1 aromatic heterocycles. The first-order valence-electron chi connectivity index (χ1n) is 8.00. The van der Waals surface area contributed by atoms with Gasteiger partial charge in [-0.15, -0.1) is 0 Å². The van der Waals surface area contributed by atoms with Crippen molar-refractivity contribution >= 4 is 15.8 Å². The van der Waals surface area contributed by atoms with Crippen molar-refractivity contribution in [2.75, 3.05) is 46.0 Å². The summed E-state index contributed by atoms with van der Waals surface area (Å²) in [4.78, 5) is 8.75. The van der Waals surface area contributed by atoms with Gasteiger partial charge in [0.15, 0.2) is 15.8 Å². The molecule has 24 heavy (non-hydrogen) atoms. The summed E-state index contributed by atoms with van der Waals surface area (Å²) in [6, 6.07) is 1.88. The van der Waals surface area contributed by atoms with Gasteiger partial charge in [-0.25, -0.2) is 8.42 Å². The van der Waals surface area contributed by atoms with Crippen molar-refractivity contribution in [1.29, 1.82) is 0 Å². The summed E-state index contributed by atoms with van der Waals surface area (Å²) in [6.45, 7) is 7.99. The number of rotatable bonds is 5. The average Bonchev–Trinajstić information content (AvgIpc) is 3.01. The highest BCUT2D eigenvalue weighted by molar-refractivity contribution is 7.92. The fourth-order valence-electron chi connectivity index (χ4n) is 2.42. The van der Waals surface area contributed by atoms with Gasteiger partial charge in [0, 0.05) is 58.6 Å². The second-order valence-electron chi connectivity index (χ2n) is 6.69. The molecule has 1 aliphatic rings. The van der Waals surface area contributed by atoms with Crippen LogP contribution in [0, 0.1) is 0 Å². The second-order valence-corrected chi connectivity index (χ2v) is 9.34. The lowest BCUT2D eigenvalue weighted by atomic mass is 10.2. The summed E-state index contributed by atoms with van der Waals surface area (Å²) in [5.41, 5.74) is 0.931. The summed E-state index contributed by atoms with van der Waals surface area (Å²) in [5.74, 6) is 0.743. The van der Waals surface area contributed by atoms with E-state index in [1.165, 1.54) is 6.26 Å². The molecular weight excluding hydrogens is 330 g/mol. The zero-order valence-corrected chi connectivity index (χ0v) is 15.6. The Hall–Kier alpha value is -1.61. The molecule has 1 fully saturated rings. The van der Waals surface area contributed by atoms with Crippen LogP contribution in [0.5, 0.6) is 0 Å². The first kappa shape index (κ1) is 18.7. The van der Waals surface area contributed by atoms with E-state index in [0.29, 0.717) is 6.54 Å². The van der Waals surface area contributed by atoms with Crippen LogP contribution in [0.25, 0.3) is 0 Å². The van der Waals surface area contributed by atoms with Crippen molar-refractivity contribution in [1.82, 2.24) is 20.3 Å². The molecular formula is C15H27N5O3S. The largest absolute Gasteiger partial charge is 0.364 e. The van der Waals surface area contributed by atoms with Gasteiger partial charge in [0.25, 0.3) is 0 Å². The van der Waals surface area contributed by atoms with E-state index >= 15 is 0 Å². The summed E-state index contributed by atoms with van der Waals surface area (Å²) >= 11 is 0. The Morgan fingerprint density at radius 1 is 1.38 bits per heavy atom. The Labute approximate surface area is 143 Å². The van der Waals surface area contributed by atoms with Gasteiger partial charge in [0.1, 0.15) is 6.26 Å². The smallest absolute Gasteiger partial charge is 0.193 e. The van der Waals surface area contributed by atoms with E-state index in [-0.39, 0.29) is 0 Å². The maximum atomic E-state index is 11.8. The number of piperazine rings is 1. The van der Waals surface area contributed by atoms with E-state index in [0.717, 1.165) is 44.4 Å². The predicted octanol–water partition coefficient (Wildman–Crippen LogP) is 0.191. The molecule has 0 aliphatic carbocycles. The van der Waals surface area contributed by atoms with Gasteiger partial charge in [-0.3, -0.25) is 9.89 Å². The zero-order chi connectivity index (χ0) is 17.8. The summed E-state index contributed by atoms with van der Waals surface area (Å²) in [7, 11) is -1.42. The van der Waals surface area contributed by atoms with Crippen molar-refractivity contribution in [3.63, 3.8) is 0 Å². The third-order valence-electron chi connectivity index (χ3n) is 4.44. The van der Waals surface area contributed by atoms with Crippen LogP contribution in [0.3, 0.4) is 0 Å². The third-order valence-corrected chi connectivity index (χ3v) is 6.59. The highest BCUT2D eigenvalue weighted by Crippen LogP contribution is 2.14. The van der Waals surface area contributed by atoms with Crippen molar-refractivity contribution < 1.29 is 12.9 Å². The molecule has 0 saturated carbocycles. The molecule has 1 aliphatic heterocycles. The molecule has 1 aromatic rings. The van der Waals surface area contributed by atoms with E-state index in [1.54, 1.807) is 27.2 Å². The Bertz CT molecular complexity index is 647. The molecule has 0 aromatic carbocycles. The first-order valence-corrected chi connectivity index (χ1v) is 9.89. The standard InChI is InChI=1S/C15H27N5O3S/c1-15(2,24(4,21)22)12-17-14(16-3)20-8-6-19(7-9-20)11-13-5-10-23-18-13/h5,10H,6-9,11-12H2,1-4H3,(H,16,17). The van der Waals surface area contributed by atoms with Gasteiger partial charge in [-0.2, -0.15) is 0 Å². The molecule has 1 N–H and O–H groups in total. The number of nitrogens with one attached hydrogen (secondary N) is 1. The lowest BCUT2D eigenvalue weighted by Crippen LogP contribution is -2.54. The maximum absolute atomic E-state index is 11.8. The van der Waals surface area contributed by atoms with Crippen LogP contribution in [-0.4, -0.2) is 80.1 Å². The van der Waals surface area contributed by atoms with Crippen LogP contribution < -0.4 is 5.32 Å². The average molecular weight is 357 g/mol. The van der Waals surface area contributed by atoms with Gasteiger partial charge in [0.05, 0.1) is 10.4 Å². The minimum absolute atomic E-state index is 0.331. The molecule has 0 radical (unpaired) electrons. The van der Waals surface area contributed by atoms with E-state index < -0.39 is 14.6 Å². The van der Waals surface area contributed by atoms with Crippen LogP contribution in [0.4, 0.5) is 0 Å². The predicted molar refractivity (Wildman–Crippen MR) is 93.6 cm³/mol. The Morgan fingerprint density at radius 2 is 2.04 bits per heavy atom. The normalized spacial score (nSPS) is 18.0. The molecule has 2 heterocycles. The molecule has 2 rings (SSSR count). The van der Waals surface area contributed by atoms with E-state index in [1.807, 2.05) is 6.07 Å². The molecule has 0 unspecified atom stereocenters. The maximum Gasteiger partial charge on any atom is 0.193 e. The van der Waals surface area contributed by atoms with E-state index in [9.17, 15) is 8.42 Å². The number of nitrogens with zero attached hydrogens (tertiary/aromatic N) is 4. The quantitative estimate of drug-likeness (QED) is 0.594. The zero-order valence-electron chi connectivity index (χ0n) is 14.8. The number of guanidine groups is 1. The molecule has 0 bridgehead atoms. The Balaban J connectivity index is 1.85. The van der Waals surface area contributed by atoms with Gasteiger partial charge in [-0.05, 0) is 13.8 Å². The molecule has 8 nitrogen and oxygen atoms in total. The van der Waals surface area contributed by atoms with Gasteiger partial charge < -0.3 is 14.7 Å². The van der Waals surface area contributed by atoms with Crippen LogP contribution in [0.15, 0.2) is 21.8 Å². The van der Waals surface area contributed by atoms with Gasteiger partial charge in [0.2, 0.25) is 0 Å². The summed E-state index contributed by atoms with van der Waals surface area (Å²) in [6.07, 6.45) is 2.85. The second kappa shape index (κ2) is 7.52. The molecule has 1 saturated heterocycles. The lowest BCUT2D eigenvalue weighted by molar-refractivity contribution is 0.169. The first-order chi connectivity index (χ1) is 11.2.